The third kappa shape index (κ3) is 3.96. The lowest BCUT2D eigenvalue weighted by molar-refractivity contribution is 0.0286. The molecule has 32 heavy (non-hydrogen) atoms. The molecule has 0 spiro atoms. The van der Waals surface area contributed by atoms with Gasteiger partial charge in [-0.15, -0.1) is 0 Å². The third-order valence-electron chi connectivity index (χ3n) is 6.51. The number of H-pyrrole nitrogens is 1. The number of pyridine rings is 1. The number of anilines is 2. The van der Waals surface area contributed by atoms with Gasteiger partial charge in [0.1, 0.15) is 11.4 Å². The van der Waals surface area contributed by atoms with Crippen LogP contribution >= 0.6 is 0 Å². The molecule has 0 aliphatic carbocycles. The summed E-state index contributed by atoms with van der Waals surface area (Å²) in [6.45, 7) is 6.16. The van der Waals surface area contributed by atoms with Crippen LogP contribution in [0.2, 0.25) is 0 Å². The van der Waals surface area contributed by atoms with Crippen molar-refractivity contribution in [3.05, 3.63) is 46.8 Å². The van der Waals surface area contributed by atoms with Gasteiger partial charge in [-0.3, -0.25) is 9.78 Å². The second-order valence-corrected chi connectivity index (χ2v) is 9.34. The fraction of sp³-hybridized carbons (Fsp3) is 0.458. The van der Waals surface area contributed by atoms with Gasteiger partial charge in [0.2, 0.25) is 5.95 Å². The zero-order chi connectivity index (χ0) is 22.3. The van der Waals surface area contributed by atoms with Crippen molar-refractivity contribution in [2.24, 2.45) is 0 Å². The van der Waals surface area contributed by atoms with Crippen LogP contribution in [0.3, 0.4) is 0 Å². The first kappa shape index (κ1) is 20.9. The summed E-state index contributed by atoms with van der Waals surface area (Å²) in [7, 11) is 0. The molecule has 0 saturated carbocycles. The Balaban J connectivity index is 1.59. The van der Waals surface area contributed by atoms with Gasteiger partial charge in [0, 0.05) is 24.5 Å². The van der Waals surface area contributed by atoms with Gasteiger partial charge >= 0.3 is 0 Å². The van der Waals surface area contributed by atoms with Crippen LogP contribution in [0.1, 0.15) is 33.1 Å². The molecule has 2 unspecified atom stereocenters. The van der Waals surface area contributed by atoms with Crippen LogP contribution in [0.5, 0.6) is 0 Å². The Bertz CT molecular complexity index is 1180. The molecule has 0 amide bonds. The van der Waals surface area contributed by atoms with E-state index in [9.17, 15) is 9.90 Å². The lowest BCUT2D eigenvalue weighted by Crippen LogP contribution is -2.59. The van der Waals surface area contributed by atoms with E-state index in [1.54, 1.807) is 13.8 Å². The maximum absolute atomic E-state index is 13.4. The summed E-state index contributed by atoms with van der Waals surface area (Å²) in [5.74, 6) is 1.03. The van der Waals surface area contributed by atoms with Gasteiger partial charge in [0.15, 0.2) is 0 Å². The highest BCUT2D eigenvalue weighted by Gasteiger charge is 2.40. The molecule has 2 fully saturated rings. The molecule has 2 aliphatic rings. The normalized spacial score (nSPS) is 21.4. The lowest BCUT2D eigenvalue weighted by atomic mass is 9.88. The molecular formula is C24H30N6O2. The predicted octanol–water partition coefficient (Wildman–Crippen LogP) is 2.50. The van der Waals surface area contributed by atoms with Gasteiger partial charge in [-0.25, -0.2) is 4.98 Å². The Kier molecular flexibility index (Phi) is 5.35. The van der Waals surface area contributed by atoms with Crippen LogP contribution in [-0.4, -0.2) is 57.4 Å². The van der Waals surface area contributed by atoms with Crippen molar-refractivity contribution in [1.82, 2.24) is 20.3 Å². The molecule has 3 aromatic rings. The number of hydrogen-bond donors (Lipinski definition) is 4. The molecule has 8 heteroatoms. The maximum atomic E-state index is 13.4. The smallest absolute Gasteiger partial charge is 0.263 e. The Morgan fingerprint density at radius 1 is 1.16 bits per heavy atom. The van der Waals surface area contributed by atoms with E-state index in [0.29, 0.717) is 23.0 Å². The molecule has 168 valence electrons. The van der Waals surface area contributed by atoms with Gasteiger partial charge in [-0.2, -0.15) is 4.98 Å². The fourth-order valence-corrected chi connectivity index (χ4v) is 4.69. The number of aliphatic hydroxyl groups is 1. The summed E-state index contributed by atoms with van der Waals surface area (Å²) in [4.78, 5) is 27.9. The first-order valence-electron chi connectivity index (χ1n) is 11.4. The highest BCUT2D eigenvalue weighted by Crippen LogP contribution is 2.33. The van der Waals surface area contributed by atoms with E-state index in [1.165, 1.54) is 0 Å². The number of aromatic nitrogens is 3. The number of aromatic amines is 1. The quantitative estimate of drug-likeness (QED) is 0.489. The monoisotopic (exact) mass is 434 g/mol. The molecule has 4 N–H and O–H groups in total. The molecule has 0 radical (unpaired) electrons. The summed E-state index contributed by atoms with van der Waals surface area (Å²) >= 11 is 0. The summed E-state index contributed by atoms with van der Waals surface area (Å²) in [5, 5.41) is 18.4. The van der Waals surface area contributed by atoms with Gasteiger partial charge in [-0.1, -0.05) is 24.3 Å². The standard InChI is InChI=1S/C24H30N6O2/c1-24(2,32)19-11-13-30(19)23-28-21(26-16-7-5-12-25-14-16)20(22(31)29-23)18-10-9-15-6-3-4-8-17(15)27-18/h3-4,6,8-10,16,19,25,32H,5,7,11-14H2,1-2H3,(H2,26,28,29,31). The Hall–Kier alpha value is -2.97. The van der Waals surface area contributed by atoms with Crippen molar-refractivity contribution in [2.75, 3.05) is 29.9 Å². The number of hydrogen-bond acceptors (Lipinski definition) is 7. The van der Waals surface area contributed by atoms with Crippen molar-refractivity contribution in [2.45, 2.75) is 50.8 Å². The van der Waals surface area contributed by atoms with E-state index >= 15 is 0 Å². The number of nitrogens with one attached hydrogen (secondary N) is 3. The Morgan fingerprint density at radius 2 is 2.00 bits per heavy atom. The van der Waals surface area contributed by atoms with Crippen LogP contribution < -0.4 is 21.1 Å². The molecule has 2 aromatic heterocycles. The highest BCUT2D eigenvalue weighted by molar-refractivity contribution is 5.83. The van der Waals surface area contributed by atoms with Crippen molar-refractivity contribution in [3.8, 4) is 11.3 Å². The van der Waals surface area contributed by atoms with Gasteiger partial charge in [0.05, 0.1) is 22.9 Å². The second kappa shape index (κ2) is 8.18. The average Bonchev–Trinajstić information content (AvgIpc) is 2.72. The van der Waals surface area contributed by atoms with E-state index in [-0.39, 0.29) is 17.6 Å². The van der Waals surface area contributed by atoms with E-state index in [4.69, 9.17) is 9.97 Å². The van der Waals surface area contributed by atoms with Crippen LogP contribution in [0.15, 0.2) is 41.2 Å². The topological polar surface area (TPSA) is 106 Å². The van der Waals surface area contributed by atoms with Crippen LogP contribution in [0.4, 0.5) is 11.8 Å². The lowest BCUT2D eigenvalue weighted by Gasteiger charge is -2.47. The largest absolute Gasteiger partial charge is 0.388 e. The van der Waals surface area contributed by atoms with Gasteiger partial charge < -0.3 is 20.6 Å². The Labute approximate surface area is 187 Å². The van der Waals surface area contributed by atoms with Gasteiger partial charge in [0.25, 0.3) is 5.56 Å². The summed E-state index contributed by atoms with van der Waals surface area (Å²) in [5.41, 5.74) is 0.772. The Morgan fingerprint density at radius 3 is 2.72 bits per heavy atom. The summed E-state index contributed by atoms with van der Waals surface area (Å²) in [6, 6.07) is 11.8. The van der Waals surface area contributed by atoms with Crippen LogP contribution in [0.25, 0.3) is 22.2 Å². The molecule has 1 aromatic carbocycles. The average molecular weight is 435 g/mol. The molecule has 2 saturated heterocycles. The molecule has 0 bridgehead atoms. The van der Waals surface area contributed by atoms with Crippen molar-refractivity contribution in [1.29, 1.82) is 0 Å². The number of piperidine rings is 1. The number of para-hydroxylation sites is 1. The minimum atomic E-state index is -0.879. The van der Waals surface area contributed by atoms with Crippen molar-refractivity contribution < 1.29 is 5.11 Å². The number of rotatable bonds is 5. The van der Waals surface area contributed by atoms with Gasteiger partial charge in [-0.05, 0) is 51.8 Å². The molecule has 8 nitrogen and oxygen atoms in total. The van der Waals surface area contributed by atoms with Crippen LogP contribution in [-0.2, 0) is 0 Å². The summed E-state index contributed by atoms with van der Waals surface area (Å²) < 4.78 is 0. The molecule has 4 heterocycles. The molecule has 2 aliphatic heterocycles. The minimum Gasteiger partial charge on any atom is -0.388 e. The molecular weight excluding hydrogens is 404 g/mol. The number of fused-ring (bicyclic) bond motifs is 1. The fourth-order valence-electron chi connectivity index (χ4n) is 4.69. The van der Waals surface area contributed by atoms with E-state index in [1.807, 2.05) is 41.3 Å². The minimum absolute atomic E-state index is 0.0838. The van der Waals surface area contributed by atoms with E-state index < -0.39 is 5.60 Å². The zero-order valence-electron chi connectivity index (χ0n) is 18.6. The number of benzene rings is 1. The SMILES string of the molecule is CC(C)(O)C1CCN1c1nc(NC2CCCNC2)c(-c2ccc3ccccc3n2)c(=O)[nH]1. The van der Waals surface area contributed by atoms with Crippen LogP contribution in [0, 0.1) is 0 Å². The first-order chi connectivity index (χ1) is 15.4. The highest BCUT2D eigenvalue weighted by atomic mass is 16.3. The molecule has 5 rings (SSSR count). The zero-order valence-corrected chi connectivity index (χ0v) is 18.6. The second-order valence-electron chi connectivity index (χ2n) is 9.34. The van der Waals surface area contributed by atoms with E-state index in [0.717, 1.165) is 49.8 Å². The third-order valence-corrected chi connectivity index (χ3v) is 6.51. The van der Waals surface area contributed by atoms with Crippen molar-refractivity contribution in [3.63, 3.8) is 0 Å². The maximum Gasteiger partial charge on any atom is 0.263 e. The summed E-state index contributed by atoms with van der Waals surface area (Å²) in [6.07, 6.45) is 2.94. The first-order valence-corrected chi connectivity index (χ1v) is 11.4. The molecule has 2 atom stereocenters. The van der Waals surface area contributed by atoms with E-state index in [2.05, 4.69) is 15.6 Å². The predicted molar refractivity (Wildman–Crippen MR) is 127 cm³/mol. The van der Waals surface area contributed by atoms with Crippen molar-refractivity contribution >= 4 is 22.7 Å². The number of nitrogens with zero attached hydrogens (tertiary/aromatic N) is 3.